The van der Waals surface area contributed by atoms with Crippen molar-refractivity contribution in [2.75, 3.05) is 19.8 Å². The number of para-hydroxylation sites is 1. The normalized spacial score (nSPS) is 11.2. The first-order valence-electron chi connectivity index (χ1n) is 6.93. The fraction of sp³-hybridized carbons (Fsp3) is 0.400. The van der Waals surface area contributed by atoms with Crippen molar-refractivity contribution in [3.8, 4) is 5.75 Å². The van der Waals surface area contributed by atoms with Crippen LogP contribution in [-0.2, 0) is 19.1 Å². The fourth-order valence-corrected chi connectivity index (χ4v) is 1.52. The lowest BCUT2D eigenvalue weighted by Gasteiger charge is -2.13. The van der Waals surface area contributed by atoms with Gasteiger partial charge >= 0.3 is 5.97 Å². The van der Waals surface area contributed by atoms with E-state index in [1.807, 2.05) is 6.07 Å². The monoisotopic (exact) mass is 308 g/mol. The van der Waals surface area contributed by atoms with Gasteiger partial charge in [-0.1, -0.05) is 18.2 Å². The predicted molar refractivity (Wildman–Crippen MR) is 79.2 cm³/mol. The number of hydrogen-bond acceptors (Lipinski definition) is 5. The summed E-state index contributed by atoms with van der Waals surface area (Å²) in [7, 11) is 0. The van der Waals surface area contributed by atoms with E-state index in [2.05, 4.69) is 10.6 Å². The van der Waals surface area contributed by atoms with Crippen molar-refractivity contribution in [3.05, 3.63) is 30.3 Å². The van der Waals surface area contributed by atoms with Crippen molar-refractivity contribution in [3.63, 3.8) is 0 Å². The highest BCUT2D eigenvalue weighted by Gasteiger charge is 2.15. The van der Waals surface area contributed by atoms with Gasteiger partial charge in [0.15, 0.2) is 13.2 Å². The number of likely N-dealkylation sites (N-methyl/N-ethyl adjacent to an activating group) is 1. The molecule has 0 radical (unpaired) electrons. The van der Waals surface area contributed by atoms with Crippen molar-refractivity contribution in [1.29, 1.82) is 0 Å². The second-order valence-corrected chi connectivity index (χ2v) is 4.45. The number of carbonyl (C=O) groups is 3. The second-order valence-electron chi connectivity index (χ2n) is 4.45. The van der Waals surface area contributed by atoms with Gasteiger partial charge in [-0.05, 0) is 26.0 Å². The molecule has 0 fully saturated rings. The Hall–Kier alpha value is -2.57. The van der Waals surface area contributed by atoms with Crippen LogP contribution in [0, 0.1) is 0 Å². The quantitative estimate of drug-likeness (QED) is 0.671. The van der Waals surface area contributed by atoms with Crippen molar-refractivity contribution in [2.45, 2.75) is 19.9 Å². The number of ether oxygens (including phenoxy) is 2. The third-order valence-corrected chi connectivity index (χ3v) is 2.59. The summed E-state index contributed by atoms with van der Waals surface area (Å²) < 4.78 is 9.94. The van der Waals surface area contributed by atoms with E-state index < -0.39 is 24.5 Å². The Balaban J connectivity index is 2.23. The summed E-state index contributed by atoms with van der Waals surface area (Å²) >= 11 is 0. The van der Waals surface area contributed by atoms with E-state index in [1.165, 1.54) is 0 Å². The molecule has 22 heavy (non-hydrogen) atoms. The number of benzene rings is 1. The Labute approximate surface area is 129 Å². The highest BCUT2D eigenvalue weighted by molar-refractivity contribution is 5.88. The minimum absolute atomic E-state index is 0.289. The van der Waals surface area contributed by atoms with Gasteiger partial charge in [-0.3, -0.25) is 9.59 Å². The Bertz CT molecular complexity index is 504. The van der Waals surface area contributed by atoms with Crippen molar-refractivity contribution < 1.29 is 23.9 Å². The minimum atomic E-state index is -0.688. The van der Waals surface area contributed by atoms with Crippen LogP contribution in [0.25, 0.3) is 0 Å². The molecule has 7 nitrogen and oxygen atoms in total. The third kappa shape index (κ3) is 6.74. The average molecular weight is 308 g/mol. The molecule has 0 aromatic heterocycles. The molecule has 1 rings (SSSR count). The van der Waals surface area contributed by atoms with E-state index in [0.717, 1.165) is 0 Å². The Kier molecular flexibility index (Phi) is 7.45. The summed E-state index contributed by atoms with van der Waals surface area (Å²) in [5.41, 5.74) is 0. The molecule has 0 saturated carbocycles. The highest BCUT2D eigenvalue weighted by atomic mass is 16.6. The van der Waals surface area contributed by atoms with Gasteiger partial charge in [-0.2, -0.15) is 0 Å². The second kappa shape index (κ2) is 9.38. The topological polar surface area (TPSA) is 93.7 Å². The molecule has 1 atom stereocenters. The smallest absolute Gasteiger partial charge is 0.344 e. The van der Waals surface area contributed by atoms with Gasteiger partial charge in [0, 0.05) is 6.54 Å². The van der Waals surface area contributed by atoms with E-state index in [9.17, 15) is 14.4 Å². The van der Waals surface area contributed by atoms with Crippen molar-refractivity contribution >= 4 is 17.8 Å². The maximum absolute atomic E-state index is 11.5. The van der Waals surface area contributed by atoms with Gasteiger partial charge in [0.25, 0.3) is 5.91 Å². The summed E-state index contributed by atoms with van der Waals surface area (Å²) in [6, 6.07) is 8.09. The molecule has 0 spiro atoms. The molecule has 0 heterocycles. The van der Waals surface area contributed by atoms with Gasteiger partial charge in [-0.25, -0.2) is 4.79 Å². The zero-order valence-corrected chi connectivity index (χ0v) is 12.6. The van der Waals surface area contributed by atoms with Crippen molar-refractivity contribution in [1.82, 2.24) is 10.6 Å². The molecule has 120 valence electrons. The highest BCUT2D eigenvalue weighted by Crippen LogP contribution is 2.07. The lowest BCUT2D eigenvalue weighted by Crippen LogP contribution is -2.46. The first-order chi connectivity index (χ1) is 10.5. The number of carbonyl (C=O) groups excluding carboxylic acids is 3. The van der Waals surface area contributed by atoms with Crippen LogP contribution in [0.1, 0.15) is 13.8 Å². The molecule has 0 saturated heterocycles. The molecular weight excluding hydrogens is 288 g/mol. The number of amides is 2. The van der Waals surface area contributed by atoms with Crippen LogP contribution in [0.5, 0.6) is 5.75 Å². The molecule has 0 aliphatic carbocycles. The van der Waals surface area contributed by atoms with Crippen LogP contribution in [0.4, 0.5) is 0 Å². The third-order valence-electron chi connectivity index (χ3n) is 2.59. The van der Waals surface area contributed by atoms with Gasteiger partial charge < -0.3 is 20.1 Å². The first-order valence-corrected chi connectivity index (χ1v) is 6.93. The van der Waals surface area contributed by atoms with E-state index in [0.29, 0.717) is 12.3 Å². The lowest BCUT2D eigenvalue weighted by atomic mass is 10.3. The fourth-order valence-electron chi connectivity index (χ4n) is 1.52. The standard InChI is InChI=1S/C15H20N2O5/c1-3-16-15(20)11(2)17-13(18)9-22-14(19)10-21-12-7-5-4-6-8-12/h4-8,11H,3,9-10H2,1-2H3,(H,16,20)(H,17,18)/t11-/m0/s1. The SMILES string of the molecule is CCNC(=O)[C@H](C)NC(=O)COC(=O)COc1ccccc1. The van der Waals surface area contributed by atoms with Crippen LogP contribution in [0.2, 0.25) is 0 Å². The zero-order chi connectivity index (χ0) is 16.4. The number of nitrogens with one attached hydrogen (secondary N) is 2. The first kappa shape index (κ1) is 17.5. The van der Waals surface area contributed by atoms with Crippen LogP contribution >= 0.6 is 0 Å². The molecule has 0 bridgehead atoms. The average Bonchev–Trinajstić information content (AvgIpc) is 2.52. The van der Waals surface area contributed by atoms with E-state index in [1.54, 1.807) is 38.1 Å². The Morgan fingerprint density at radius 3 is 2.45 bits per heavy atom. The Morgan fingerprint density at radius 2 is 1.82 bits per heavy atom. The van der Waals surface area contributed by atoms with E-state index in [-0.39, 0.29) is 12.5 Å². The summed E-state index contributed by atoms with van der Waals surface area (Å²) in [6.07, 6.45) is 0. The maximum atomic E-state index is 11.5. The molecule has 7 heteroatoms. The van der Waals surface area contributed by atoms with Gasteiger partial charge in [0.1, 0.15) is 11.8 Å². The zero-order valence-electron chi connectivity index (χ0n) is 12.6. The van der Waals surface area contributed by atoms with Crippen molar-refractivity contribution in [2.24, 2.45) is 0 Å². The number of esters is 1. The molecule has 1 aromatic rings. The molecule has 0 aliphatic heterocycles. The summed E-state index contributed by atoms with van der Waals surface area (Å²) in [6.45, 7) is 3.05. The molecular formula is C15H20N2O5. The molecule has 1 aromatic carbocycles. The lowest BCUT2D eigenvalue weighted by molar-refractivity contribution is -0.150. The predicted octanol–water partition coefficient (Wildman–Crippen LogP) is 0.249. The summed E-state index contributed by atoms with van der Waals surface area (Å²) in [4.78, 5) is 34.4. The summed E-state index contributed by atoms with van der Waals surface area (Å²) in [5.74, 6) is -0.972. The van der Waals surface area contributed by atoms with Gasteiger partial charge in [-0.15, -0.1) is 0 Å². The van der Waals surface area contributed by atoms with Crippen LogP contribution in [-0.4, -0.2) is 43.6 Å². The van der Waals surface area contributed by atoms with E-state index >= 15 is 0 Å². The van der Waals surface area contributed by atoms with Crippen LogP contribution in [0.15, 0.2) is 30.3 Å². The molecule has 0 aliphatic rings. The van der Waals surface area contributed by atoms with Crippen LogP contribution < -0.4 is 15.4 Å². The number of hydrogen-bond donors (Lipinski definition) is 2. The summed E-state index contributed by atoms with van der Waals surface area (Å²) in [5, 5.41) is 5.00. The minimum Gasteiger partial charge on any atom is -0.482 e. The van der Waals surface area contributed by atoms with Gasteiger partial charge in [0.2, 0.25) is 5.91 Å². The van der Waals surface area contributed by atoms with E-state index in [4.69, 9.17) is 9.47 Å². The largest absolute Gasteiger partial charge is 0.482 e. The number of rotatable bonds is 8. The molecule has 2 N–H and O–H groups in total. The maximum Gasteiger partial charge on any atom is 0.344 e. The van der Waals surface area contributed by atoms with Gasteiger partial charge in [0.05, 0.1) is 0 Å². The Morgan fingerprint density at radius 1 is 1.14 bits per heavy atom. The molecule has 0 unspecified atom stereocenters. The molecule has 2 amide bonds. The van der Waals surface area contributed by atoms with Crippen LogP contribution in [0.3, 0.4) is 0 Å².